The normalized spacial score (nSPS) is 12.1. The SMILES string of the molecule is CCCCc1ccc2c(c1)c(C(F)(F)F)cc(=O)n2C. The van der Waals surface area contributed by atoms with E-state index in [1.165, 1.54) is 11.6 Å². The lowest BCUT2D eigenvalue weighted by Crippen LogP contribution is -2.20. The first-order chi connectivity index (χ1) is 9.34. The average Bonchev–Trinajstić information content (AvgIpc) is 2.39. The first kappa shape index (κ1) is 14.6. The molecule has 0 fully saturated rings. The Morgan fingerprint density at radius 1 is 1.20 bits per heavy atom. The van der Waals surface area contributed by atoms with E-state index in [4.69, 9.17) is 0 Å². The fourth-order valence-electron chi connectivity index (χ4n) is 2.28. The first-order valence-electron chi connectivity index (χ1n) is 6.54. The number of benzene rings is 1. The third-order valence-electron chi connectivity index (χ3n) is 3.44. The second-order valence-corrected chi connectivity index (χ2v) is 4.91. The zero-order chi connectivity index (χ0) is 14.9. The minimum atomic E-state index is -4.52. The number of rotatable bonds is 3. The van der Waals surface area contributed by atoms with Crippen molar-refractivity contribution >= 4 is 10.9 Å². The Morgan fingerprint density at radius 3 is 2.50 bits per heavy atom. The molecule has 2 aromatic rings. The Labute approximate surface area is 114 Å². The molecule has 0 unspecified atom stereocenters. The predicted molar refractivity (Wildman–Crippen MR) is 72.8 cm³/mol. The van der Waals surface area contributed by atoms with Crippen LogP contribution in [0, 0.1) is 0 Å². The Hall–Kier alpha value is -1.78. The number of aromatic nitrogens is 1. The molecule has 20 heavy (non-hydrogen) atoms. The van der Waals surface area contributed by atoms with Crippen LogP contribution in [0.2, 0.25) is 0 Å². The number of fused-ring (bicyclic) bond motifs is 1. The number of unbranched alkanes of at least 4 members (excludes halogenated alkanes) is 1. The van der Waals surface area contributed by atoms with Crippen LogP contribution in [0.25, 0.3) is 10.9 Å². The molecular formula is C15H16F3NO. The highest BCUT2D eigenvalue weighted by atomic mass is 19.4. The summed E-state index contributed by atoms with van der Waals surface area (Å²) < 4.78 is 40.4. The number of pyridine rings is 1. The lowest BCUT2D eigenvalue weighted by Gasteiger charge is -2.14. The summed E-state index contributed by atoms with van der Waals surface area (Å²) in [5.74, 6) is 0. The minimum Gasteiger partial charge on any atom is -0.311 e. The number of aryl methyl sites for hydroxylation is 2. The van der Waals surface area contributed by atoms with Crippen LogP contribution in [0.15, 0.2) is 29.1 Å². The van der Waals surface area contributed by atoms with Crippen molar-refractivity contribution in [3.05, 3.63) is 45.7 Å². The van der Waals surface area contributed by atoms with Gasteiger partial charge in [0.1, 0.15) is 0 Å². The number of nitrogens with zero attached hydrogens (tertiary/aromatic N) is 1. The smallest absolute Gasteiger partial charge is 0.311 e. The van der Waals surface area contributed by atoms with Gasteiger partial charge in [-0.2, -0.15) is 13.2 Å². The summed E-state index contributed by atoms with van der Waals surface area (Å²) >= 11 is 0. The summed E-state index contributed by atoms with van der Waals surface area (Å²) in [7, 11) is 1.48. The molecule has 2 rings (SSSR count). The highest BCUT2D eigenvalue weighted by molar-refractivity contribution is 5.83. The molecule has 0 saturated carbocycles. The van der Waals surface area contributed by atoms with Gasteiger partial charge >= 0.3 is 6.18 Å². The van der Waals surface area contributed by atoms with E-state index in [-0.39, 0.29) is 5.39 Å². The van der Waals surface area contributed by atoms with Crippen molar-refractivity contribution in [3.8, 4) is 0 Å². The minimum absolute atomic E-state index is 0.0909. The quantitative estimate of drug-likeness (QED) is 0.837. The molecule has 0 aliphatic carbocycles. The second kappa shape index (κ2) is 5.31. The van der Waals surface area contributed by atoms with Gasteiger partial charge < -0.3 is 4.57 Å². The molecule has 1 aromatic heterocycles. The zero-order valence-corrected chi connectivity index (χ0v) is 11.4. The summed E-state index contributed by atoms with van der Waals surface area (Å²) in [4.78, 5) is 11.6. The van der Waals surface area contributed by atoms with Crippen molar-refractivity contribution in [1.29, 1.82) is 0 Å². The van der Waals surface area contributed by atoms with E-state index >= 15 is 0 Å². The van der Waals surface area contributed by atoms with Gasteiger partial charge in [0.05, 0.1) is 11.1 Å². The Kier molecular flexibility index (Phi) is 3.88. The van der Waals surface area contributed by atoms with Crippen LogP contribution >= 0.6 is 0 Å². The average molecular weight is 283 g/mol. The maximum atomic E-state index is 13.1. The van der Waals surface area contributed by atoms with Gasteiger partial charge in [0.2, 0.25) is 0 Å². The molecule has 0 N–H and O–H groups in total. The van der Waals surface area contributed by atoms with Crippen LogP contribution in [0.5, 0.6) is 0 Å². The van der Waals surface area contributed by atoms with Gasteiger partial charge in [-0.15, -0.1) is 0 Å². The van der Waals surface area contributed by atoms with Gasteiger partial charge in [-0.1, -0.05) is 19.4 Å². The third kappa shape index (κ3) is 2.71. The van der Waals surface area contributed by atoms with Crippen LogP contribution in [0.1, 0.15) is 30.9 Å². The standard InChI is InChI=1S/C15H16F3NO/c1-3-4-5-10-6-7-13-11(8-10)12(15(16,17)18)9-14(20)19(13)2/h6-9H,3-5H2,1-2H3. The molecule has 0 aliphatic heterocycles. The summed E-state index contributed by atoms with van der Waals surface area (Å²) in [5.41, 5.74) is -0.325. The zero-order valence-electron chi connectivity index (χ0n) is 11.4. The van der Waals surface area contributed by atoms with E-state index in [9.17, 15) is 18.0 Å². The van der Waals surface area contributed by atoms with Crippen LogP contribution in [-0.2, 0) is 19.6 Å². The molecule has 0 atom stereocenters. The fraction of sp³-hybridized carbons (Fsp3) is 0.400. The third-order valence-corrected chi connectivity index (χ3v) is 3.44. The molecule has 1 aromatic carbocycles. The lowest BCUT2D eigenvalue weighted by molar-refractivity contribution is -0.136. The summed E-state index contributed by atoms with van der Waals surface area (Å²) in [6, 6.07) is 5.60. The van der Waals surface area contributed by atoms with Gasteiger partial charge in [-0.3, -0.25) is 4.79 Å². The number of hydrogen-bond acceptors (Lipinski definition) is 1. The number of hydrogen-bond donors (Lipinski definition) is 0. The van der Waals surface area contributed by atoms with Crippen LogP contribution in [-0.4, -0.2) is 4.57 Å². The molecule has 0 saturated heterocycles. The van der Waals surface area contributed by atoms with Crippen LogP contribution < -0.4 is 5.56 Å². The largest absolute Gasteiger partial charge is 0.417 e. The van der Waals surface area contributed by atoms with Gasteiger partial charge in [0, 0.05) is 18.5 Å². The van der Waals surface area contributed by atoms with Gasteiger partial charge in [-0.05, 0) is 30.5 Å². The van der Waals surface area contributed by atoms with Gasteiger partial charge in [-0.25, -0.2) is 0 Å². The molecule has 0 bridgehead atoms. The van der Waals surface area contributed by atoms with Crippen LogP contribution in [0.4, 0.5) is 13.2 Å². The summed E-state index contributed by atoms with van der Waals surface area (Å²) in [5, 5.41) is 0.0909. The Bertz CT molecular complexity index is 686. The molecule has 108 valence electrons. The summed E-state index contributed by atoms with van der Waals surface area (Å²) in [6.07, 6.45) is -1.86. The fourth-order valence-corrected chi connectivity index (χ4v) is 2.28. The molecule has 0 spiro atoms. The predicted octanol–water partition coefficient (Wildman–Crippen LogP) is 3.90. The molecule has 1 heterocycles. The van der Waals surface area contributed by atoms with Crippen molar-refractivity contribution in [2.75, 3.05) is 0 Å². The molecule has 5 heteroatoms. The highest BCUT2D eigenvalue weighted by Crippen LogP contribution is 2.34. The molecule has 0 aliphatic rings. The second-order valence-electron chi connectivity index (χ2n) is 4.91. The van der Waals surface area contributed by atoms with E-state index in [0.29, 0.717) is 11.6 Å². The van der Waals surface area contributed by atoms with Crippen molar-refractivity contribution < 1.29 is 13.2 Å². The van der Waals surface area contributed by atoms with Gasteiger partial charge in [0.15, 0.2) is 0 Å². The highest BCUT2D eigenvalue weighted by Gasteiger charge is 2.33. The maximum Gasteiger partial charge on any atom is 0.417 e. The monoisotopic (exact) mass is 283 g/mol. The van der Waals surface area contributed by atoms with E-state index in [2.05, 4.69) is 0 Å². The molecule has 2 nitrogen and oxygen atoms in total. The van der Waals surface area contributed by atoms with Crippen molar-refractivity contribution in [2.45, 2.75) is 32.4 Å². The Balaban J connectivity index is 2.71. The van der Waals surface area contributed by atoms with Crippen LogP contribution in [0.3, 0.4) is 0 Å². The van der Waals surface area contributed by atoms with Crippen molar-refractivity contribution in [3.63, 3.8) is 0 Å². The number of alkyl halides is 3. The van der Waals surface area contributed by atoms with Crippen molar-refractivity contribution in [1.82, 2.24) is 4.57 Å². The lowest BCUT2D eigenvalue weighted by atomic mass is 10.0. The van der Waals surface area contributed by atoms with E-state index in [1.54, 1.807) is 18.2 Å². The van der Waals surface area contributed by atoms with Crippen molar-refractivity contribution in [2.24, 2.45) is 7.05 Å². The molecule has 0 radical (unpaired) electrons. The molecule has 0 amide bonds. The van der Waals surface area contributed by atoms with E-state index < -0.39 is 17.3 Å². The first-order valence-corrected chi connectivity index (χ1v) is 6.54. The summed E-state index contributed by atoms with van der Waals surface area (Å²) in [6.45, 7) is 2.03. The number of halogens is 3. The molecular weight excluding hydrogens is 267 g/mol. The van der Waals surface area contributed by atoms with E-state index in [1.807, 2.05) is 6.92 Å². The topological polar surface area (TPSA) is 22.0 Å². The maximum absolute atomic E-state index is 13.1. The van der Waals surface area contributed by atoms with Gasteiger partial charge in [0.25, 0.3) is 5.56 Å². The van der Waals surface area contributed by atoms with E-state index in [0.717, 1.165) is 24.8 Å². The Morgan fingerprint density at radius 2 is 1.90 bits per heavy atom.